The van der Waals surface area contributed by atoms with Gasteiger partial charge in [-0.3, -0.25) is 0 Å². The second-order valence-electron chi connectivity index (χ2n) is 4.10. The molecule has 3 heteroatoms. The third-order valence-electron chi connectivity index (χ3n) is 2.99. The highest BCUT2D eigenvalue weighted by Gasteiger charge is 2.16. The van der Waals surface area contributed by atoms with Gasteiger partial charge in [0.25, 0.3) is 0 Å². The van der Waals surface area contributed by atoms with Gasteiger partial charge in [0.15, 0.2) is 0 Å². The van der Waals surface area contributed by atoms with E-state index in [4.69, 9.17) is 9.57 Å². The Bertz CT molecular complexity index is 605. The maximum atomic E-state index is 5.28. The molecule has 3 nitrogen and oxygen atoms in total. The number of rotatable bonds is 2. The molecular weight excluding hydrogens is 226 g/mol. The fourth-order valence-electron chi connectivity index (χ4n) is 2.07. The molecule has 2 aromatic rings. The van der Waals surface area contributed by atoms with Gasteiger partial charge in [-0.05, 0) is 12.1 Å². The third kappa shape index (κ3) is 1.84. The Balaban J connectivity index is 2.09. The van der Waals surface area contributed by atoms with E-state index in [-0.39, 0.29) is 0 Å². The molecular formula is C15H13NO2. The fraction of sp³-hybridized carbons (Fsp3) is 0.133. The summed E-state index contributed by atoms with van der Waals surface area (Å²) in [5.41, 5.74) is 4.14. The Hall–Kier alpha value is -2.29. The van der Waals surface area contributed by atoms with Gasteiger partial charge in [-0.25, -0.2) is 0 Å². The van der Waals surface area contributed by atoms with Crippen molar-refractivity contribution in [3.05, 3.63) is 65.2 Å². The molecule has 0 aliphatic carbocycles. The second kappa shape index (κ2) is 4.53. The minimum atomic E-state index is 0.531. The number of hydrogen-bond donors (Lipinski definition) is 0. The molecule has 0 N–H and O–H groups in total. The van der Waals surface area contributed by atoms with Crippen molar-refractivity contribution in [2.75, 3.05) is 7.11 Å². The zero-order valence-corrected chi connectivity index (χ0v) is 10.1. The lowest BCUT2D eigenvalue weighted by Crippen LogP contribution is -2.12. The van der Waals surface area contributed by atoms with Crippen LogP contribution >= 0.6 is 0 Å². The summed E-state index contributed by atoms with van der Waals surface area (Å²) in [6.45, 7) is 0.531. The molecule has 0 unspecified atom stereocenters. The summed E-state index contributed by atoms with van der Waals surface area (Å²) >= 11 is 0. The standard InChI is InChI=1S/C15H13NO2/c1-17-13-7-4-6-11(9-13)15-14-8-3-2-5-12(14)10-18-16-15/h2-9H,10H2,1H3. The van der Waals surface area contributed by atoms with Gasteiger partial charge >= 0.3 is 0 Å². The predicted octanol–water partition coefficient (Wildman–Crippen LogP) is 2.98. The Kier molecular flexibility index (Phi) is 2.73. The first-order chi connectivity index (χ1) is 8.88. The van der Waals surface area contributed by atoms with Crippen molar-refractivity contribution in [1.82, 2.24) is 0 Å². The van der Waals surface area contributed by atoms with Crippen LogP contribution in [0, 0.1) is 0 Å². The molecule has 90 valence electrons. The number of benzene rings is 2. The smallest absolute Gasteiger partial charge is 0.143 e. The van der Waals surface area contributed by atoms with Gasteiger partial charge < -0.3 is 9.57 Å². The van der Waals surface area contributed by atoms with Gasteiger partial charge in [0, 0.05) is 16.7 Å². The van der Waals surface area contributed by atoms with Crippen molar-refractivity contribution in [2.24, 2.45) is 5.16 Å². The van der Waals surface area contributed by atoms with E-state index in [0.717, 1.165) is 28.2 Å². The van der Waals surface area contributed by atoms with Crippen LogP contribution in [-0.4, -0.2) is 12.8 Å². The molecule has 1 aliphatic rings. The fourth-order valence-corrected chi connectivity index (χ4v) is 2.07. The Morgan fingerprint density at radius 3 is 2.89 bits per heavy atom. The zero-order chi connectivity index (χ0) is 12.4. The molecule has 18 heavy (non-hydrogen) atoms. The van der Waals surface area contributed by atoms with Crippen LogP contribution in [0.4, 0.5) is 0 Å². The van der Waals surface area contributed by atoms with Crippen molar-refractivity contribution in [3.8, 4) is 5.75 Å². The Morgan fingerprint density at radius 1 is 1.11 bits per heavy atom. The van der Waals surface area contributed by atoms with E-state index < -0.39 is 0 Å². The summed E-state index contributed by atoms with van der Waals surface area (Å²) in [4.78, 5) is 5.28. The molecule has 2 aromatic carbocycles. The number of fused-ring (bicyclic) bond motifs is 1. The zero-order valence-electron chi connectivity index (χ0n) is 10.1. The van der Waals surface area contributed by atoms with Gasteiger partial charge in [0.05, 0.1) is 7.11 Å². The molecule has 1 aliphatic heterocycles. The van der Waals surface area contributed by atoms with Gasteiger partial charge in [-0.15, -0.1) is 0 Å². The number of oxime groups is 1. The van der Waals surface area contributed by atoms with Crippen LogP contribution in [0.1, 0.15) is 16.7 Å². The maximum Gasteiger partial charge on any atom is 0.143 e. The van der Waals surface area contributed by atoms with Gasteiger partial charge in [-0.1, -0.05) is 41.6 Å². The first-order valence-corrected chi connectivity index (χ1v) is 5.81. The molecule has 0 saturated carbocycles. The van der Waals surface area contributed by atoms with E-state index in [1.54, 1.807) is 7.11 Å². The van der Waals surface area contributed by atoms with Crippen LogP contribution in [0.5, 0.6) is 5.75 Å². The van der Waals surface area contributed by atoms with E-state index >= 15 is 0 Å². The van der Waals surface area contributed by atoms with Crippen LogP contribution < -0.4 is 4.74 Å². The number of methoxy groups -OCH3 is 1. The average molecular weight is 239 g/mol. The molecule has 0 fully saturated rings. The molecule has 0 amide bonds. The van der Waals surface area contributed by atoms with Crippen LogP contribution in [0.3, 0.4) is 0 Å². The van der Waals surface area contributed by atoms with E-state index in [1.807, 2.05) is 36.4 Å². The predicted molar refractivity (Wildman–Crippen MR) is 69.9 cm³/mol. The minimum absolute atomic E-state index is 0.531. The van der Waals surface area contributed by atoms with Crippen molar-refractivity contribution in [2.45, 2.75) is 6.61 Å². The first kappa shape index (κ1) is 10.8. The van der Waals surface area contributed by atoms with Crippen LogP contribution in [0.15, 0.2) is 53.7 Å². The Labute approximate surface area is 106 Å². The van der Waals surface area contributed by atoms with Gasteiger partial charge in [0.1, 0.15) is 18.1 Å². The number of hydrogen-bond acceptors (Lipinski definition) is 3. The molecule has 0 atom stereocenters. The second-order valence-corrected chi connectivity index (χ2v) is 4.10. The summed E-state index contributed by atoms with van der Waals surface area (Å²) in [7, 11) is 1.66. The average Bonchev–Trinajstić information content (AvgIpc) is 2.47. The minimum Gasteiger partial charge on any atom is -0.497 e. The van der Waals surface area contributed by atoms with E-state index in [9.17, 15) is 0 Å². The summed E-state index contributed by atoms with van der Waals surface area (Å²) in [5, 5.41) is 4.18. The largest absolute Gasteiger partial charge is 0.497 e. The Morgan fingerprint density at radius 2 is 2.00 bits per heavy atom. The molecule has 0 bridgehead atoms. The molecule has 1 heterocycles. The number of ether oxygens (including phenoxy) is 1. The first-order valence-electron chi connectivity index (χ1n) is 5.81. The lowest BCUT2D eigenvalue weighted by Gasteiger charge is -2.16. The highest BCUT2D eigenvalue weighted by Crippen LogP contribution is 2.23. The lowest BCUT2D eigenvalue weighted by molar-refractivity contribution is 0.126. The summed E-state index contributed by atoms with van der Waals surface area (Å²) < 4.78 is 5.24. The van der Waals surface area contributed by atoms with Gasteiger partial charge in [-0.2, -0.15) is 0 Å². The quantitative estimate of drug-likeness (QED) is 0.806. The van der Waals surface area contributed by atoms with E-state index in [2.05, 4.69) is 17.3 Å². The lowest BCUT2D eigenvalue weighted by atomic mass is 9.97. The van der Waals surface area contributed by atoms with Crippen molar-refractivity contribution >= 4 is 5.71 Å². The normalized spacial score (nSPS) is 13.3. The highest BCUT2D eigenvalue weighted by molar-refractivity contribution is 6.13. The maximum absolute atomic E-state index is 5.28. The van der Waals surface area contributed by atoms with Crippen LogP contribution in [-0.2, 0) is 11.4 Å². The summed E-state index contributed by atoms with van der Waals surface area (Å²) in [6, 6.07) is 16.0. The van der Waals surface area contributed by atoms with Gasteiger partial charge in [0.2, 0.25) is 0 Å². The molecule has 0 saturated heterocycles. The van der Waals surface area contributed by atoms with Crippen molar-refractivity contribution in [3.63, 3.8) is 0 Å². The summed E-state index contributed by atoms with van der Waals surface area (Å²) in [6.07, 6.45) is 0. The SMILES string of the molecule is COc1cccc(C2=NOCc3ccccc32)c1. The summed E-state index contributed by atoms with van der Waals surface area (Å²) in [5.74, 6) is 0.818. The van der Waals surface area contributed by atoms with Crippen molar-refractivity contribution in [1.29, 1.82) is 0 Å². The third-order valence-corrected chi connectivity index (χ3v) is 2.99. The van der Waals surface area contributed by atoms with Crippen LogP contribution in [0.25, 0.3) is 0 Å². The molecule has 0 aromatic heterocycles. The van der Waals surface area contributed by atoms with Crippen molar-refractivity contribution < 1.29 is 9.57 Å². The van der Waals surface area contributed by atoms with Crippen LogP contribution in [0.2, 0.25) is 0 Å². The van der Waals surface area contributed by atoms with E-state index in [1.165, 1.54) is 0 Å². The molecule has 0 spiro atoms. The van der Waals surface area contributed by atoms with E-state index in [0.29, 0.717) is 6.61 Å². The molecule has 0 radical (unpaired) electrons. The monoisotopic (exact) mass is 239 g/mol. The number of nitrogens with zero attached hydrogens (tertiary/aromatic N) is 1. The molecule has 3 rings (SSSR count). The topological polar surface area (TPSA) is 30.8 Å². The highest BCUT2D eigenvalue weighted by atomic mass is 16.6.